The lowest BCUT2D eigenvalue weighted by atomic mass is 10.0. The molecule has 0 radical (unpaired) electrons. The fraction of sp³-hybridized carbons (Fsp3) is 0.333. The molecule has 90 valence electrons. The van der Waals surface area contributed by atoms with E-state index < -0.39 is 0 Å². The van der Waals surface area contributed by atoms with E-state index in [4.69, 9.17) is 0 Å². The summed E-state index contributed by atoms with van der Waals surface area (Å²) in [6.07, 6.45) is 1.06. The van der Waals surface area contributed by atoms with Gasteiger partial charge in [0.25, 0.3) is 0 Å². The molecular weight excluding hydrogens is 244 g/mol. The van der Waals surface area contributed by atoms with E-state index >= 15 is 0 Å². The molecule has 0 atom stereocenters. The number of hydrogen-bond donors (Lipinski definition) is 0. The van der Waals surface area contributed by atoms with Crippen LogP contribution in [0.2, 0.25) is 0 Å². The maximum absolute atomic E-state index is 2.33. The van der Waals surface area contributed by atoms with E-state index in [0.29, 0.717) is 0 Å². The van der Waals surface area contributed by atoms with Crippen LogP contribution < -0.4 is 0 Å². The van der Waals surface area contributed by atoms with Crippen LogP contribution in [0.15, 0.2) is 34.5 Å². The highest BCUT2D eigenvalue weighted by molar-refractivity contribution is 7.99. The Kier molecular flexibility index (Phi) is 4.30. The van der Waals surface area contributed by atoms with Gasteiger partial charge in [0.2, 0.25) is 0 Å². The van der Waals surface area contributed by atoms with Gasteiger partial charge < -0.3 is 0 Å². The van der Waals surface area contributed by atoms with Gasteiger partial charge >= 0.3 is 0 Å². The minimum atomic E-state index is 1.06. The third kappa shape index (κ3) is 3.14. The summed E-state index contributed by atoms with van der Waals surface area (Å²) < 4.78 is 0. The first-order valence-corrected chi connectivity index (χ1v) is 7.82. The molecule has 0 bridgehead atoms. The standard InChI is InChI=1S/C15H18S2/c1-4-16-15-6-5-13(9-11(15)2)10-14-7-8-17-12(14)3/h5-9H,4,10H2,1-3H3. The largest absolute Gasteiger partial charge is 0.149 e. The molecule has 1 heterocycles. The third-order valence-electron chi connectivity index (χ3n) is 2.90. The molecule has 0 unspecified atom stereocenters. The first-order chi connectivity index (χ1) is 8.20. The van der Waals surface area contributed by atoms with Crippen LogP contribution in [0.3, 0.4) is 0 Å². The molecule has 0 nitrogen and oxygen atoms in total. The Balaban J connectivity index is 2.18. The number of aryl methyl sites for hydroxylation is 2. The molecule has 0 amide bonds. The maximum Gasteiger partial charge on any atom is 0.0101 e. The predicted octanol–water partition coefficient (Wildman–Crippen LogP) is 5.07. The van der Waals surface area contributed by atoms with Crippen molar-refractivity contribution < 1.29 is 0 Å². The molecule has 17 heavy (non-hydrogen) atoms. The van der Waals surface area contributed by atoms with Gasteiger partial charge in [0.15, 0.2) is 0 Å². The van der Waals surface area contributed by atoms with Crippen molar-refractivity contribution in [3.05, 3.63) is 51.2 Å². The number of rotatable bonds is 4. The molecule has 0 saturated carbocycles. The summed E-state index contributed by atoms with van der Waals surface area (Å²) in [6.45, 7) is 6.61. The van der Waals surface area contributed by atoms with Crippen LogP contribution in [0.25, 0.3) is 0 Å². The van der Waals surface area contributed by atoms with E-state index in [1.165, 1.54) is 26.5 Å². The number of benzene rings is 1. The summed E-state index contributed by atoms with van der Waals surface area (Å²) in [7, 11) is 0. The van der Waals surface area contributed by atoms with Crippen LogP contribution >= 0.6 is 23.1 Å². The zero-order chi connectivity index (χ0) is 12.3. The van der Waals surface area contributed by atoms with E-state index in [0.717, 1.165) is 12.2 Å². The minimum Gasteiger partial charge on any atom is -0.149 e. The summed E-state index contributed by atoms with van der Waals surface area (Å²) in [5.41, 5.74) is 4.29. The van der Waals surface area contributed by atoms with E-state index in [9.17, 15) is 0 Å². The van der Waals surface area contributed by atoms with Crippen molar-refractivity contribution in [2.75, 3.05) is 5.75 Å². The van der Waals surface area contributed by atoms with E-state index in [2.05, 4.69) is 50.4 Å². The number of thioether (sulfide) groups is 1. The summed E-state index contributed by atoms with van der Waals surface area (Å²) >= 11 is 3.76. The highest BCUT2D eigenvalue weighted by Crippen LogP contribution is 2.25. The Morgan fingerprint density at radius 3 is 2.59 bits per heavy atom. The molecule has 0 spiro atoms. The van der Waals surface area contributed by atoms with Crippen LogP contribution in [0.1, 0.15) is 28.5 Å². The normalized spacial score (nSPS) is 10.8. The van der Waals surface area contributed by atoms with Crippen molar-refractivity contribution >= 4 is 23.1 Å². The van der Waals surface area contributed by atoms with Crippen molar-refractivity contribution in [1.82, 2.24) is 0 Å². The molecule has 2 rings (SSSR count). The van der Waals surface area contributed by atoms with Crippen LogP contribution in [0.5, 0.6) is 0 Å². The second-order valence-corrected chi connectivity index (χ2v) is 6.64. The lowest BCUT2D eigenvalue weighted by Gasteiger charge is -2.07. The lowest BCUT2D eigenvalue weighted by molar-refractivity contribution is 1.15. The second-order valence-electron chi connectivity index (χ2n) is 4.21. The average molecular weight is 262 g/mol. The Morgan fingerprint density at radius 1 is 1.18 bits per heavy atom. The number of hydrogen-bond acceptors (Lipinski definition) is 2. The van der Waals surface area contributed by atoms with Gasteiger partial charge in [0, 0.05) is 9.77 Å². The SMILES string of the molecule is CCSc1ccc(Cc2ccsc2C)cc1C. The van der Waals surface area contributed by atoms with Crippen molar-refractivity contribution in [1.29, 1.82) is 0 Å². The van der Waals surface area contributed by atoms with Gasteiger partial charge in [-0.25, -0.2) is 0 Å². The van der Waals surface area contributed by atoms with Gasteiger partial charge in [0.1, 0.15) is 0 Å². The molecule has 1 aromatic heterocycles. The van der Waals surface area contributed by atoms with E-state index in [-0.39, 0.29) is 0 Å². The summed E-state index contributed by atoms with van der Waals surface area (Å²) in [5, 5.41) is 2.18. The van der Waals surface area contributed by atoms with Gasteiger partial charge in [0.05, 0.1) is 0 Å². The van der Waals surface area contributed by atoms with Crippen LogP contribution in [0.4, 0.5) is 0 Å². The maximum atomic E-state index is 2.33. The molecule has 0 aliphatic carbocycles. The first kappa shape index (κ1) is 12.7. The zero-order valence-corrected chi connectivity index (χ0v) is 12.3. The molecule has 2 heteroatoms. The quantitative estimate of drug-likeness (QED) is 0.693. The van der Waals surface area contributed by atoms with Crippen LogP contribution in [0, 0.1) is 13.8 Å². The Labute approximate surface area is 112 Å². The minimum absolute atomic E-state index is 1.06. The summed E-state index contributed by atoms with van der Waals surface area (Å²) in [4.78, 5) is 2.85. The van der Waals surface area contributed by atoms with Crippen LogP contribution in [-0.4, -0.2) is 5.75 Å². The molecule has 2 aromatic rings. The van der Waals surface area contributed by atoms with Gasteiger partial charge in [-0.3, -0.25) is 0 Å². The van der Waals surface area contributed by atoms with Crippen molar-refractivity contribution in [2.24, 2.45) is 0 Å². The summed E-state index contributed by atoms with van der Waals surface area (Å²) in [5.74, 6) is 1.14. The second kappa shape index (κ2) is 5.74. The highest BCUT2D eigenvalue weighted by Gasteiger charge is 2.04. The summed E-state index contributed by atoms with van der Waals surface area (Å²) in [6, 6.07) is 9.10. The Bertz CT molecular complexity index is 497. The molecule has 0 N–H and O–H groups in total. The Hall–Kier alpha value is -0.730. The van der Waals surface area contributed by atoms with Crippen molar-refractivity contribution in [3.8, 4) is 0 Å². The van der Waals surface area contributed by atoms with Crippen molar-refractivity contribution in [2.45, 2.75) is 32.1 Å². The van der Waals surface area contributed by atoms with E-state index in [1.807, 2.05) is 23.1 Å². The fourth-order valence-corrected chi connectivity index (χ4v) is 3.44. The van der Waals surface area contributed by atoms with Crippen LogP contribution in [-0.2, 0) is 6.42 Å². The average Bonchev–Trinajstić information content (AvgIpc) is 2.69. The third-order valence-corrected chi connectivity index (χ3v) is 4.85. The first-order valence-electron chi connectivity index (χ1n) is 5.96. The fourth-order valence-electron chi connectivity index (χ4n) is 1.95. The molecule has 0 fully saturated rings. The lowest BCUT2D eigenvalue weighted by Crippen LogP contribution is -1.90. The zero-order valence-electron chi connectivity index (χ0n) is 10.6. The topological polar surface area (TPSA) is 0 Å². The van der Waals surface area contributed by atoms with E-state index in [1.54, 1.807) is 0 Å². The van der Waals surface area contributed by atoms with Crippen molar-refractivity contribution in [3.63, 3.8) is 0 Å². The molecule has 0 aliphatic heterocycles. The monoisotopic (exact) mass is 262 g/mol. The van der Waals surface area contributed by atoms with Gasteiger partial charge in [-0.05, 0) is 60.2 Å². The molecular formula is C15H18S2. The smallest absolute Gasteiger partial charge is 0.0101 e. The van der Waals surface area contributed by atoms with Gasteiger partial charge in [-0.2, -0.15) is 0 Å². The molecule has 0 saturated heterocycles. The number of thiophene rings is 1. The molecule has 0 aliphatic rings. The van der Waals surface area contributed by atoms with Gasteiger partial charge in [-0.1, -0.05) is 19.1 Å². The van der Waals surface area contributed by atoms with Gasteiger partial charge in [-0.15, -0.1) is 23.1 Å². The molecule has 1 aromatic carbocycles. The predicted molar refractivity (Wildman–Crippen MR) is 79.4 cm³/mol. The highest BCUT2D eigenvalue weighted by atomic mass is 32.2. The Morgan fingerprint density at radius 2 is 2.00 bits per heavy atom.